The second-order valence-electron chi connectivity index (χ2n) is 5.39. The van der Waals surface area contributed by atoms with E-state index >= 15 is 0 Å². The molecule has 0 saturated carbocycles. The van der Waals surface area contributed by atoms with Crippen LogP contribution in [0.4, 0.5) is 0 Å². The van der Waals surface area contributed by atoms with E-state index in [-0.39, 0.29) is 6.04 Å². The lowest BCUT2D eigenvalue weighted by atomic mass is 10.0. The molecule has 1 heterocycles. The van der Waals surface area contributed by atoms with Crippen molar-refractivity contribution in [1.29, 1.82) is 0 Å². The molecule has 112 valence electrons. The highest BCUT2D eigenvalue weighted by Gasteiger charge is 2.20. The van der Waals surface area contributed by atoms with Crippen LogP contribution in [-0.4, -0.2) is 44.4 Å². The van der Waals surface area contributed by atoms with Gasteiger partial charge in [0.25, 0.3) is 0 Å². The SMILES string of the molecule is CCOc1ccc(C(N)CN(C)C2CCOCC2)cc1. The van der Waals surface area contributed by atoms with Crippen LogP contribution in [-0.2, 0) is 4.74 Å². The summed E-state index contributed by atoms with van der Waals surface area (Å²) in [5.74, 6) is 0.904. The highest BCUT2D eigenvalue weighted by atomic mass is 16.5. The summed E-state index contributed by atoms with van der Waals surface area (Å²) in [4.78, 5) is 2.36. The summed E-state index contributed by atoms with van der Waals surface area (Å²) in [5, 5.41) is 0. The maximum Gasteiger partial charge on any atom is 0.119 e. The van der Waals surface area contributed by atoms with Gasteiger partial charge in [-0.2, -0.15) is 0 Å². The van der Waals surface area contributed by atoms with Gasteiger partial charge in [-0.3, -0.25) is 0 Å². The van der Waals surface area contributed by atoms with Crippen molar-refractivity contribution in [2.75, 3.05) is 33.4 Å². The number of rotatable bonds is 6. The Labute approximate surface area is 121 Å². The fourth-order valence-corrected chi connectivity index (χ4v) is 2.67. The molecule has 0 amide bonds. The third-order valence-corrected chi connectivity index (χ3v) is 3.92. The van der Waals surface area contributed by atoms with Crippen molar-refractivity contribution in [2.45, 2.75) is 31.8 Å². The van der Waals surface area contributed by atoms with E-state index in [1.54, 1.807) is 0 Å². The van der Waals surface area contributed by atoms with Gasteiger partial charge in [-0.25, -0.2) is 0 Å². The molecule has 0 aromatic heterocycles. The average molecular weight is 278 g/mol. The van der Waals surface area contributed by atoms with Crippen molar-refractivity contribution < 1.29 is 9.47 Å². The monoisotopic (exact) mass is 278 g/mol. The molecule has 20 heavy (non-hydrogen) atoms. The highest BCUT2D eigenvalue weighted by molar-refractivity contribution is 5.29. The number of nitrogens with two attached hydrogens (primary N) is 1. The third kappa shape index (κ3) is 4.20. The van der Waals surface area contributed by atoms with Gasteiger partial charge in [-0.1, -0.05) is 12.1 Å². The van der Waals surface area contributed by atoms with Crippen LogP contribution < -0.4 is 10.5 Å². The molecule has 1 aliphatic heterocycles. The molecule has 1 aromatic carbocycles. The summed E-state index contributed by atoms with van der Waals surface area (Å²) in [6.45, 7) is 5.29. The molecule has 1 fully saturated rings. The molecule has 0 bridgehead atoms. The lowest BCUT2D eigenvalue weighted by molar-refractivity contribution is 0.0413. The zero-order valence-electron chi connectivity index (χ0n) is 12.5. The van der Waals surface area contributed by atoms with E-state index in [0.29, 0.717) is 12.6 Å². The Bertz CT molecular complexity index is 388. The quantitative estimate of drug-likeness (QED) is 0.866. The van der Waals surface area contributed by atoms with Crippen LogP contribution in [0, 0.1) is 0 Å². The summed E-state index contributed by atoms with van der Waals surface area (Å²) < 4.78 is 10.9. The normalized spacial score (nSPS) is 18.2. The second-order valence-corrected chi connectivity index (χ2v) is 5.39. The Balaban J connectivity index is 1.88. The summed E-state index contributed by atoms with van der Waals surface area (Å²) in [6.07, 6.45) is 2.21. The number of nitrogens with zero attached hydrogens (tertiary/aromatic N) is 1. The Morgan fingerprint density at radius 3 is 2.55 bits per heavy atom. The molecule has 1 unspecified atom stereocenters. The van der Waals surface area contributed by atoms with Crippen LogP contribution in [0.2, 0.25) is 0 Å². The molecular formula is C16H26N2O2. The number of ether oxygens (including phenoxy) is 2. The number of hydrogen-bond acceptors (Lipinski definition) is 4. The summed E-state index contributed by atoms with van der Waals surface area (Å²) in [6, 6.07) is 8.75. The fourth-order valence-electron chi connectivity index (χ4n) is 2.67. The molecule has 1 saturated heterocycles. The predicted octanol–water partition coefficient (Wildman–Crippen LogP) is 2.20. The Hall–Kier alpha value is -1.10. The lowest BCUT2D eigenvalue weighted by Gasteiger charge is -2.32. The number of hydrogen-bond donors (Lipinski definition) is 1. The van der Waals surface area contributed by atoms with Crippen LogP contribution in [0.3, 0.4) is 0 Å². The number of benzene rings is 1. The molecule has 1 aromatic rings. The molecule has 4 nitrogen and oxygen atoms in total. The topological polar surface area (TPSA) is 47.7 Å². The van der Waals surface area contributed by atoms with E-state index in [1.165, 1.54) is 0 Å². The van der Waals surface area contributed by atoms with Crippen molar-refractivity contribution in [3.05, 3.63) is 29.8 Å². The Morgan fingerprint density at radius 1 is 1.30 bits per heavy atom. The fraction of sp³-hybridized carbons (Fsp3) is 0.625. The first-order valence-electron chi connectivity index (χ1n) is 7.47. The van der Waals surface area contributed by atoms with E-state index in [0.717, 1.165) is 43.9 Å². The second kappa shape index (κ2) is 7.62. The molecular weight excluding hydrogens is 252 g/mol. The van der Waals surface area contributed by atoms with E-state index in [2.05, 4.69) is 24.1 Å². The van der Waals surface area contributed by atoms with Crippen LogP contribution in [0.1, 0.15) is 31.4 Å². The molecule has 2 rings (SSSR count). The molecule has 1 aliphatic rings. The summed E-state index contributed by atoms with van der Waals surface area (Å²) in [7, 11) is 2.16. The van der Waals surface area contributed by atoms with Gasteiger partial charge in [0.1, 0.15) is 5.75 Å². The van der Waals surface area contributed by atoms with Crippen LogP contribution in [0.15, 0.2) is 24.3 Å². The van der Waals surface area contributed by atoms with Gasteiger partial charge in [0.05, 0.1) is 6.61 Å². The highest BCUT2D eigenvalue weighted by Crippen LogP contribution is 2.19. The van der Waals surface area contributed by atoms with Gasteiger partial charge in [0.2, 0.25) is 0 Å². The minimum atomic E-state index is 0.0403. The van der Waals surface area contributed by atoms with Crippen molar-refractivity contribution in [3.8, 4) is 5.75 Å². The van der Waals surface area contributed by atoms with Crippen molar-refractivity contribution in [2.24, 2.45) is 5.73 Å². The van der Waals surface area contributed by atoms with Crippen LogP contribution in [0.25, 0.3) is 0 Å². The van der Waals surface area contributed by atoms with E-state index < -0.39 is 0 Å². The number of likely N-dealkylation sites (N-methyl/N-ethyl adjacent to an activating group) is 1. The van der Waals surface area contributed by atoms with E-state index in [4.69, 9.17) is 15.2 Å². The maximum absolute atomic E-state index is 6.31. The van der Waals surface area contributed by atoms with Gasteiger partial charge in [0.15, 0.2) is 0 Å². The molecule has 0 aliphatic carbocycles. The maximum atomic E-state index is 6.31. The van der Waals surface area contributed by atoms with Gasteiger partial charge >= 0.3 is 0 Å². The lowest BCUT2D eigenvalue weighted by Crippen LogP contribution is -2.40. The largest absolute Gasteiger partial charge is 0.494 e. The first-order valence-corrected chi connectivity index (χ1v) is 7.47. The Morgan fingerprint density at radius 2 is 1.95 bits per heavy atom. The van der Waals surface area contributed by atoms with Gasteiger partial charge < -0.3 is 20.1 Å². The Kier molecular flexibility index (Phi) is 5.83. The molecule has 1 atom stereocenters. The molecule has 4 heteroatoms. The van der Waals surface area contributed by atoms with E-state index in [1.807, 2.05) is 19.1 Å². The minimum Gasteiger partial charge on any atom is -0.494 e. The van der Waals surface area contributed by atoms with Gasteiger partial charge in [-0.05, 0) is 44.5 Å². The predicted molar refractivity (Wildman–Crippen MR) is 81.0 cm³/mol. The molecule has 0 spiro atoms. The standard InChI is InChI=1S/C16H26N2O2/c1-3-20-15-6-4-13(5-7-15)16(17)12-18(2)14-8-10-19-11-9-14/h4-7,14,16H,3,8-12,17H2,1-2H3. The first kappa shape index (κ1) is 15.3. The average Bonchev–Trinajstić information content (AvgIpc) is 2.49. The zero-order chi connectivity index (χ0) is 14.4. The first-order chi connectivity index (χ1) is 9.70. The van der Waals surface area contributed by atoms with Crippen LogP contribution >= 0.6 is 0 Å². The van der Waals surface area contributed by atoms with Crippen molar-refractivity contribution in [3.63, 3.8) is 0 Å². The molecule has 0 radical (unpaired) electrons. The van der Waals surface area contributed by atoms with Gasteiger partial charge in [-0.15, -0.1) is 0 Å². The van der Waals surface area contributed by atoms with Crippen molar-refractivity contribution >= 4 is 0 Å². The van der Waals surface area contributed by atoms with E-state index in [9.17, 15) is 0 Å². The molecule has 2 N–H and O–H groups in total. The smallest absolute Gasteiger partial charge is 0.119 e. The van der Waals surface area contributed by atoms with Crippen molar-refractivity contribution in [1.82, 2.24) is 4.90 Å². The summed E-state index contributed by atoms with van der Waals surface area (Å²) >= 11 is 0. The third-order valence-electron chi connectivity index (χ3n) is 3.92. The van der Waals surface area contributed by atoms with Gasteiger partial charge in [0, 0.05) is 31.8 Å². The summed E-state index contributed by atoms with van der Waals surface area (Å²) in [5.41, 5.74) is 7.47. The minimum absolute atomic E-state index is 0.0403. The zero-order valence-corrected chi connectivity index (χ0v) is 12.5. The van der Waals surface area contributed by atoms with Crippen LogP contribution in [0.5, 0.6) is 5.75 Å².